The summed E-state index contributed by atoms with van der Waals surface area (Å²) in [4.78, 5) is 25.8. The van der Waals surface area contributed by atoms with E-state index in [1.54, 1.807) is 30.3 Å². The maximum atomic E-state index is 12.3. The molecule has 0 aliphatic carbocycles. The van der Waals surface area contributed by atoms with Crippen molar-refractivity contribution in [3.8, 4) is 0 Å². The number of hydrogen-bond acceptors (Lipinski definition) is 3. The van der Waals surface area contributed by atoms with Crippen molar-refractivity contribution < 1.29 is 9.59 Å². The lowest BCUT2D eigenvalue weighted by atomic mass is 10.1. The molecule has 6 heteroatoms. The second-order valence-electron chi connectivity index (χ2n) is 5.05. The first-order valence-electron chi connectivity index (χ1n) is 6.63. The molecule has 3 rings (SSSR count). The SMILES string of the molecule is Cc1ccc2c(c1)C(=O)N(CNc1cc(Cl)ccc1Cl)C2=O. The van der Waals surface area contributed by atoms with Gasteiger partial charge in [0.2, 0.25) is 0 Å². The minimum atomic E-state index is -0.314. The van der Waals surface area contributed by atoms with Crippen molar-refractivity contribution in [3.63, 3.8) is 0 Å². The zero-order valence-corrected chi connectivity index (χ0v) is 13.2. The van der Waals surface area contributed by atoms with Gasteiger partial charge in [-0.1, -0.05) is 34.8 Å². The van der Waals surface area contributed by atoms with E-state index in [1.165, 1.54) is 0 Å². The third-order valence-electron chi connectivity index (χ3n) is 3.48. The zero-order chi connectivity index (χ0) is 15.9. The highest BCUT2D eigenvalue weighted by atomic mass is 35.5. The number of nitrogens with zero attached hydrogens (tertiary/aromatic N) is 1. The van der Waals surface area contributed by atoms with Gasteiger partial charge in [-0.2, -0.15) is 0 Å². The summed E-state index contributed by atoms with van der Waals surface area (Å²) in [6, 6.07) is 10.2. The van der Waals surface area contributed by atoms with Gasteiger partial charge in [0.15, 0.2) is 0 Å². The number of fused-ring (bicyclic) bond motifs is 1. The summed E-state index contributed by atoms with van der Waals surface area (Å²) in [5, 5.41) is 3.96. The lowest BCUT2D eigenvalue weighted by Crippen LogP contribution is -2.34. The van der Waals surface area contributed by atoms with Crippen LogP contribution in [0.5, 0.6) is 0 Å². The molecule has 1 heterocycles. The molecule has 2 aromatic rings. The lowest BCUT2D eigenvalue weighted by molar-refractivity contribution is 0.0666. The van der Waals surface area contributed by atoms with E-state index in [1.807, 2.05) is 13.0 Å². The van der Waals surface area contributed by atoms with Gasteiger partial charge >= 0.3 is 0 Å². The zero-order valence-electron chi connectivity index (χ0n) is 11.7. The van der Waals surface area contributed by atoms with Crippen LogP contribution in [0.4, 0.5) is 5.69 Å². The van der Waals surface area contributed by atoms with Crippen molar-refractivity contribution in [1.82, 2.24) is 4.90 Å². The molecule has 0 atom stereocenters. The van der Waals surface area contributed by atoms with Crippen LogP contribution in [0, 0.1) is 6.92 Å². The maximum Gasteiger partial charge on any atom is 0.263 e. The number of imide groups is 1. The highest BCUT2D eigenvalue weighted by Crippen LogP contribution is 2.27. The lowest BCUT2D eigenvalue weighted by Gasteiger charge is -2.16. The van der Waals surface area contributed by atoms with E-state index in [-0.39, 0.29) is 18.5 Å². The Morgan fingerprint density at radius 2 is 1.73 bits per heavy atom. The Bertz CT molecular complexity index is 790. The molecule has 0 saturated heterocycles. The van der Waals surface area contributed by atoms with Crippen LogP contribution < -0.4 is 5.32 Å². The van der Waals surface area contributed by atoms with Crippen LogP contribution in [-0.2, 0) is 0 Å². The third-order valence-corrected chi connectivity index (χ3v) is 4.05. The molecule has 0 aromatic heterocycles. The average molecular weight is 335 g/mol. The fourth-order valence-corrected chi connectivity index (χ4v) is 2.70. The van der Waals surface area contributed by atoms with Crippen LogP contribution in [0.1, 0.15) is 26.3 Å². The van der Waals surface area contributed by atoms with E-state index < -0.39 is 0 Å². The summed E-state index contributed by atoms with van der Waals surface area (Å²) in [6.07, 6.45) is 0. The van der Waals surface area contributed by atoms with Gasteiger partial charge in [-0.05, 0) is 37.3 Å². The van der Waals surface area contributed by atoms with Crippen molar-refractivity contribution in [1.29, 1.82) is 0 Å². The number of anilines is 1. The molecule has 0 unspecified atom stereocenters. The largest absolute Gasteiger partial charge is 0.366 e. The van der Waals surface area contributed by atoms with Crippen molar-refractivity contribution >= 4 is 40.7 Å². The number of aryl methyl sites for hydroxylation is 1. The molecule has 22 heavy (non-hydrogen) atoms. The summed E-state index contributed by atoms with van der Waals surface area (Å²) in [5.74, 6) is -0.625. The Morgan fingerprint density at radius 1 is 1.00 bits per heavy atom. The number of benzene rings is 2. The first kappa shape index (κ1) is 14.9. The molecule has 0 radical (unpaired) electrons. The van der Waals surface area contributed by atoms with E-state index in [2.05, 4.69) is 5.32 Å². The van der Waals surface area contributed by atoms with Gasteiger partial charge in [-0.25, -0.2) is 0 Å². The highest BCUT2D eigenvalue weighted by Gasteiger charge is 2.35. The minimum Gasteiger partial charge on any atom is -0.366 e. The predicted octanol–water partition coefficient (Wildman–Crippen LogP) is 3.97. The Balaban J connectivity index is 1.81. The van der Waals surface area contributed by atoms with Gasteiger partial charge in [0.1, 0.15) is 0 Å². The number of hydrogen-bond donors (Lipinski definition) is 1. The predicted molar refractivity (Wildman–Crippen MR) is 86.6 cm³/mol. The van der Waals surface area contributed by atoms with E-state index in [4.69, 9.17) is 23.2 Å². The number of halogens is 2. The standard InChI is InChI=1S/C16H12Cl2N2O2/c1-9-2-4-11-12(6-9)16(22)20(15(11)21)8-19-14-7-10(17)3-5-13(14)18/h2-7,19H,8H2,1H3. The van der Waals surface area contributed by atoms with Crippen molar-refractivity contribution in [2.24, 2.45) is 0 Å². The molecule has 4 nitrogen and oxygen atoms in total. The monoisotopic (exact) mass is 334 g/mol. The third kappa shape index (κ3) is 2.56. The number of carbonyl (C=O) groups excluding carboxylic acids is 2. The van der Waals surface area contributed by atoms with E-state index in [0.717, 1.165) is 10.5 Å². The number of nitrogens with one attached hydrogen (secondary N) is 1. The number of carbonyl (C=O) groups is 2. The molecule has 1 aliphatic heterocycles. The Morgan fingerprint density at radius 3 is 2.50 bits per heavy atom. The maximum absolute atomic E-state index is 12.3. The molecule has 0 bridgehead atoms. The van der Waals surface area contributed by atoms with Gasteiger partial charge in [0.25, 0.3) is 11.8 Å². The Hall–Kier alpha value is -2.04. The van der Waals surface area contributed by atoms with Crippen LogP contribution in [0.3, 0.4) is 0 Å². The van der Waals surface area contributed by atoms with Crippen molar-refractivity contribution in [3.05, 3.63) is 63.1 Å². The summed E-state index contributed by atoms with van der Waals surface area (Å²) in [5.41, 5.74) is 2.37. The minimum absolute atomic E-state index is 0.0332. The van der Waals surface area contributed by atoms with E-state index in [0.29, 0.717) is 26.9 Å². The topological polar surface area (TPSA) is 49.4 Å². The summed E-state index contributed by atoms with van der Waals surface area (Å²) >= 11 is 12.0. The quantitative estimate of drug-likeness (QED) is 0.864. The molecule has 112 valence electrons. The number of amides is 2. The molecule has 1 N–H and O–H groups in total. The smallest absolute Gasteiger partial charge is 0.263 e. The van der Waals surface area contributed by atoms with Gasteiger partial charge < -0.3 is 5.32 Å². The van der Waals surface area contributed by atoms with Crippen LogP contribution in [0.2, 0.25) is 10.0 Å². The van der Waals surface area contributed by atoms with Gasteiger partial charge in [0, 0.05) is 5.02 Å². The molecular formula is C16H12Cl2N2O2. The second kappa shape index (κ2) is 5.63. The molecule has 2 aromatic carbocycles. The second-order valence-corrected chi connectivity index (χ2v) is 5.89. The van der Waals surface area contributed by atoms with Gasteiger partial charge in [-0.15, -0.1) is 0 Å². The molecule has 0 spiro atoms. The fourth-order valence-electron chi connectivity index (χ4n) is 2.35. The highest BCUT2D eigenvalue weighted by molar-refractivity contribution is 6.35. The molecular weight excluding hydrogens is 323 g/mol. The van der Waals surface area contributed by atoms with Crippen molar-refractivity contribution in [2.75, 3.05) is 12.0 Å². The van der Waals surface area contributed by atoms with Crippen LogP contribution in [0.25, 0.3) is 0 Å². The Kier molecular flexibility index (Phi) is 3.81. The molecule has 1 aliphatic rings. The van der Waals surface area contributed by atoms with Crippen LogP contribution in [0.15, 0.2) is 36.4 Å². The van der Waals surface area contributed by atoms with E-state index >= 15 is 0 Å². The summed E-state index contributed by atoms with van der Waals surface area (Å²) < 4.78 is 0. The van der Waals surface area contributed by atoms with Gasteiger partial charge in [-0.3, -0.25) is 14.5 Å². The van der Waals surface area contributed by atoms with Gasteiger partial charge in [0.05, 0.1) is 28.5 Å². The van der Waals surface area contributed by atoms with E-state index in [9.17, 15) is 9.59 Å². The Labute approximate surface area is 137 Å². The van der Waals surface area contributed by atoms with Crippen LogP contribution in [-0.4, -0.2) is 23.4 Å². The molecule has 2 amide bonds. The van der Waals surface area contributed by atoms with Crippen LogP contribution >= 0.6 is 23.2 Å². The first-order chi connectivity index (χ1) is 10.5. The molecule has 0 saturated carbocycles. The van der Waals surface area contributed by atoms with Crippen molar-refractivity contribution in [2.45, 2.75) is 6.92 Å². The summed E-state index contributed by atoms with van der Waals surface area (Å²) in [7, 11) is 0. The summed E-state index contributed by atoms with van der Waals surface area (Å²) in [6.45, 7) is 1.91. The molecule has 0 fully saturated rings. The number of rotatable bonds is 3. The fraction of sp³-hybridized carbons (Fsp3) is 0.125. The normalized spacial score (nSPS) is 13.5. The average Bonchev–Trinajstić information content (AvgIpc) is 2.72. The first-order valence-corrected chi connectivity index (χ1v) is 7.39.